The van der Waals surface area contributed by atoms with Crippen LogP contribution >= 0.6 is 11.6 Å². The molecule has 2 heteroatoms. The van der Waals surface area contributed by atoms with E-state index in [9.17, 15) is 0 Å². The van der Waals surface area contributed by atoms with E-state index in [1.165, 1.54) is 0 Å². The molecule has 0 fully saturated rings. The zero-order chi connectivity index (χ0) is 11.3. The predicted molar refractivity (Wildman–Crippen MR) is 65.6 cm³/mol. The largest absolute Gasteiger partial charge is 0.492 e. The van der Waals surface area contributed by atoms with Gasteiger partial charge < -0.3 is 4.74 Å². The Kier molecular flexibility index (Phi) is 4.46. The number of para-hydroxylation sites is 1. The van der Waals surface area contributed by atoms with Gasteiger partial charge in [0.25, 0.3) is 0 Å². The maximum absolute atomic E-state index is 5.97. The lowest BCUT2D eigenvalue weighted by Crippen LogP contribution is -2.07. The van der Waals surface area contributed by atoms with Crippen molar-refractivity contribution >= 4 is 11.6 Å². The van der Waals surface area contributed by atoms with Crippen LogP contribution in [0.3, 0.4) is 0 Å². The maximum atomic E-state index is 5.97. The van der Waals surface area contributed by atoms with Gasteiger partial charge in [0.2, 0.25) is 0 Å². The normalized spacial score (nSPS) is 11.5. The van der Waals surface area contributed by atoms with E-state index in [2.05, 4.69) is 20.8 Å². The summed E-state index contributed by atoms with van der Waals surface area (Å²) in [6.45, 7) is 7.45. The van der Waals surface area contributed by atoms with Gasteiger partial charge in [0.15, 0.2) is 0 Å². The molecule has 0 unspecified atom stereocenters. The second kappa shape index (κ2) is 5.41. The molecule has 0 radical (unpaired) electrons. The molecule has 0 atom stereocenters. The summed E-state index contributed by atoms with van der Waals surface area (Å²) in [7, 11) is 0. The lowest BCUT2D eigenvalue weighted by atomic mass is 9.91. The molecular weight excluding hydrogens is 208 g/mol. The summed E-state index contributed by atoms with van der Waals surface area (Å²) >= 11 is 5.97. The molecule has 0 saturated heterocycles. The van der Waals surface area contributed by atoms with E-state index in [1.807, 2.05) is 24.3 Å². The molecule has 0 aromatic heterocycles. The van der Waals surface area contributed by atoms with Crippen molar-refractivity contribution < 1.29 is 4.74 Å². The number of hydrogen-bond donors (Lipinski definition) is 0. The van der Waals surface area contributed by atoms with Crippen molar-refractivity contribution in [1.29, 1.82) is 0 Å². The minimum atomic E-state index is 0.379. The third-order valence-electron chi connectivity index (χ3n) is 2.17. The second-order valence-electron chi connectivity index (χ2n) is 4.94. The lowest BCUT2D eigenvalue weighted by molar-refractivity contribution is 0.269. The molecule has 15 heavy (non-hydrogen) atoms. The fourth-order valence-electron chi connectivity index (χ4n) is 1.35. The molecule has 1 aromatic carbocycles. The molecule has 0 N–H and O–H groups in total. The highest BCUT2D eigenvalue weighted by molar-refractivity contribution is 6.32. The first-order valence-corrected chi connectivity index (χ1v) is 5.74. The van der Waals surface area contributed by atoms with Crippen LogP contribution in [0.25, 0.3) is 0 Å². The number of halogens is 1. The van der Waals surface area contributed by atoms with E-state index in [0.717, 1.165) is 25.2 Å². The van der Waals surface area contributed by atoms with E-state index in [-0.39, 0.29) is 0 Å². The minimum Gasteiger partial charge on any atom is -0.492 e. The third-order valence-corrected chi connectivity index (χ3v) is 2.48. The van der Waals surface area contributed by atoms with Crippen LogP contribution in [-0.2, 0) is 0 Å². The SMILES string of the molecule is CC(C)(C)CCCOc1ccccc1Cl. The summed E-state index contributed by atoms with van der Waals surface area (Å²) in [4.78, 5) is 0. The molecule has 0 heterocycles. The predicted octanol–water partition coefficient (Wildman–Crippen LogP) is 4.55. The van der Waals surface area contributed by atoms with Crippen LogP contribution < -0.4 is 4.74 Å². The first-order chi connectivity index (χ1) is 6.99. The van der Waals surface area contributed by atoms with E-state index in [0.29, 0.717) is 10.4 Å². The van der Waals surface area contributed by atoms with Crippen LogP contribution in [0.1, 0.15) is 33.6 Å². The fraction of sp³-hybridized carbons (Fsp3) is 0.538. The zero-order valence-corrected chi connectivity index (χ0v) is 10.5. The van der Waals surface area contributed by atoms with Gasteiger partial charge in [-0.15, -0.1) is 0 Å². The Hall–Kier alpha value is -0.690. The van der Waals surface area contributed by atoms with Crippen LogP contribution in [0, 0.1) is 5.41 Å². The van der Waals surface area contributed by atoms with E-state index in [1.54, 1.807) is 0 Å². The van der Waals surface area contributed by atoms with Gasteiger partial charge in [0, 0.05) is 0 Å². The number of rotatable bonds is 4. The van der Waals surface area contributed by atoms with Crippen molar-refractivity contribution in [2.75, 3.05) is 6.61 Å². The Bertz CT molecular complexity index is 302. The second-order valence-corrected chi connectivity index (χ2v) is 5.35. The van der Waals surface area contributed by atoms with Gasteiger partial charge in [-0.3, -0.25) is 0 Å². The molecule has 0 aliphatic heterocycles. The monoisotopic (exact) mass is 226 g/mol. The first-order valence-electron chi connectivity index (χ1n) is 5.36. The van der Waals surface area contributed by atoms with Gasteiger partial charge in [-0.25, -0.2) is 0 Å². The van der Waals surface area contributed by atoms with Gasteiger partial charge in [0.05, 0.1) is 11.6 Å². The van der Waals surface area contributed by atoms with Crippen molar-refractivity contribution in [2.45, 2.75) is 33.6 Å². The summed E-state index contributed by atoms with van der Waals surface area (Å²) in [5, 5.41) is 0.688. The van der Waals surface area contributed by atoms with Crippen LogP contribution in [0.5, 0.6) is 5.75 Å². The summed E-state index contributed by atoms with van der Waals surface area (Å²) < 4.78 is 5.60. The molecule has 0 aliphatic carbocycles. The van der Waals surface area contributed by atoms with Crippen molar-refractivity contribution in [2.24, 2.45) is 5.41 Å². The first kappa shape index (κ1) is 12.4. The Balaban J connectivity index is 2.30. The van der Waals surface area contributed by atoms with Gasteiger partial charge in [-0.05, 0) is 30.4 Å². The molecule has 1 nitrogen and oxygen atoms in total. The van der Waals surface area contributed by atoms with Crippen LogP contribution in [0.4, 0.5) is 0 Å². The highest BCUT2D eigenvalue weighted by atomic mass is 35.5. The fourth-order valence-corrected chi connectivity index (χ4v) is 1.54. The van der Waals surface area contributed by atoms with E-state index >= 15 is 0 Å². The van der Waals surface area contributed by atoms with Crippen LogP contribution in [0.2, 0.25) is 5.02 Å². The highest BCUT2D eigenvalue weighted by Crippen LogP contribution is 2.24. The molecule has 0 aliphatic rings. The average molecular weight is 227 g/mol. The molecular formula is C13H19ClO. The molecule has 1 rings (SSSR count). The standard InChI is InChI=1S/C13H19ClO/c1-13(2,3)9-6-10-15-12-8-5-4-7-11(12)14/h4-5,7-8H,6,9-10H2,1-3H3. The Labute approximate surface area is 97.4 Å². The Morgan fingerprint density at radius 1 is 1.20 bits per heavy atom. The maximum Gasteiger partial charge on any atom is 0.137 e. The zero-order valence-electron chi connectivity index (χ0n) is 9.72. The molecule has 1 aromatic rings. The minimum absolute atomic E-state index is 0.379. The summed E-state index contributed by atoms with van der Waals surface area (Å²) in [5.74, 6) is 0.785. The van der Waals surface area contributed by atoms with Gasteiger partial charge >= 0.3 is 0 Å². The number of benzene rings is 1. The Morgan fingerprint density at radius 3 is 2.47 bits per heavy atom. The van der Waals surface area contributed by atoms with Crippen molar-refractivity contribution in [1.82, 2.24) is 0 Å². The molecule has 0 spiro atoms. The quantitative estimate of drug-likeness (QED) is 0.685. The van der Waals surface area contributed by atoms with Gasteiger partial charge in [-0.2, -0.15) is 0 Å². The van der Waals surface area contributed by atoms with E-state index in [4.69, 9.17) is 16.3 Å². The van der Waals surface area contributed by atoms with Crippen LogP contribution in [-0.4, -0.2) is 6.61 Å². The van der Waals surface area contributed by atoms with Crippen molar-refractivity contribution in [3.63, 3.8) is 0 Å². The average Bonchev–Trinajstić information content (AvgIpc) is 2.13. The van der Waals surface area contributed by atoms with Crippen molar-refractivity contribution in [3.8, 4) is 5.75 Å². The molecule has 0 amide bonds. The summed E-state index contributed by atoms with van der Waals surface area (Å²) in [5.41, 5.74) is 0.379. The Morgan fingerprint density at radius 2 is 1.87 bits per heavy atom. The highest BCUT2D eigenvalue weighted by Gasteiger charge is 2.09. The van der Waals surface area contributed by atoms with Crippen molar-refractivity contribution in [3.05, 3.63) is 29.3 Å². The molecule has 84 valence electrons. The van der Waals surface area contributed by atoms with E-state index < -0.39 is 0 Å². The summed E-state index contributed by atoms with van der Waals surface area (Å²) in [6.07, 6.45) is 2.23. The smallest absolute Gasteiger partial charge is 0.137 e. The van der Waals surface area contributed by atoms with Crippen LogP contribution in [0.15, 0.2) is 24.3 Å². The topological polar surface area (TPSA) is 9.23 Å². The number of ether oxygens (including phenoxy) is 1. The molecule has 0 bridgehead atoms. The van der Waals surface area contributed by atoms with Gasteiger partial charge in [0.1, 0.15) is 5.75 Å². The van der Waals surface area contributed by atoms with Gasteiger partial charge in [-0.1, -0.05) is 44.5 Å². The number of hydrogen-bond acceptors (Lipinski definition) is 1. The lowest BCUT2D eigenvalue weighted by Gasteiger charge is -2.17. The summed E-state index contributed by atoms with van der Waals surface area (Å²) in [6, 6.07) is 7.59. The molecule has 0 saturated carbocycles. The third kappa shape index (κ3) is 5.08.